The Labute approximate surface area is 84.8 Å². The van der Waals surface area contributed by atoms with E-state index < -0.39 is 0 Å². The van der Waals surface area contributed by atoms with Crippen LogP contribution in [0.1, 0.15) is 18.9 Å². The third-order valence-electron chi connectivity index (χ3n) is 3.02. The van der Waals surface area contributed by atoms with E-state index in [1.165, 1.54) is 11.3 Å². The highest BCUT2D eigenvalue weighted by Crippen LogP contribution is 2.41. The number of likely N-dealkylation sites (N-methyl/N-ethyl adjacent to an activating group) is 1. The molecule has 0 amide bonds. The molecule has 0 fully saturated rings. The van der Waals surface area contributed by atoms with Crippen molar-refractivity contribution in [3.63, 3.8) is 0 Å². The minimum atomic E-state index is 0.0140. The van der Waals surface area contributed by atoms with Crippen LogP contribution in [-0.2, 0) is 5.41 Å². The van der Waals surface area contributed by atoms with Gasteiger partial charge in [0.15, 0.2) is 0 Å². The molecule has 1 aromatic carbocycles. The van der Waals surface area contributed by atoms with E-state index in [1.54, 1.807) is 0 Å². The van der Waals surface area contributed by atoms with Gasteiger partial charge in [-0.05, 0) is 11.6 Å². The second kappa shape index (κ2) is 3.02. The first-order valence-corrected chi connectivity index (χ1v) is 4.85. The zero-order valence-corrected chi connectivity index (χ0v) is 8.62. The third-order valence-corrected chi connectivity index (χ3v) is 3.02. The van der Waals surface area contributed by atoms with Crippen LogP contribution in [0.15, 0.2) is 24.3 Å². The number of hydrogen-bond acceptors (Lipinski definition) is 2. The quantitative estimate of drug-likeness (QED) is 0.673. The Kier molecular flexibility index (Phi) is 1.96. The van der Waals surface area contributed by atoms with Crippen molar-refractivity contribution in [1.29, 1.82) is 5.26 Å². The van der Waals surface area contributed by atoms with Gasteiger partial charge in [0.1, 0.15) is 0 Å². The molecule has 1 aliphatic rings. The lowest BCUT2D eigenvalue weighted by atomic mass is 9.82. The standard InChI is InChI=1S/C12H14N2/c1-12(7-8-13)9-14(2)11-6-4-3-5-10(11)12/h3-6H,7,9H2,1-2H3. The molecule has 2 nitrogen and oxygen atoms in total. The summed E-state index contributed by atoms with van der Waals surface area (Å²) in [6.45, 7) is 3.11. The van der Waals surface area contributed by atoms with Gasteiger partial charge in [-0.2, -0.15) is 5.26 Å². The summed E-state index contributed by atoms with van der Waals surface area (Å²) in [5.74, 6) is 0. The average Bonchev–Trinajstić information content (AvgIpc) is 2.41. The van der Waals surface area contributed by atoms with Gasteiger partial charge < -0.3 is 4.90 Å². The molecule has 1 aromatic rings. The number of benzene rings is 1. The lowest BCUT2D eigenvalue weighted by Gasteiger charge is -2.21. The van der Waals surface area contributed by atoms with Crippen molar-refractivity contribution in [2.75, 3.05) is 18.5 Å². The molecule has 72 valence electrons. The first kappa shape index (κ1) is 9.08. The van der Waals surface area contributed by atoms with Crippen molar-refractivity contribution in [3.05, 3.63) is 29.8 Å². The number of anilines is 1. The van der Waals surface area contributed by atoms with Gasteiger partial charge in [0.25, 0.3) is 0 Å². The molecule has 1 heterocycles. The minimum Gasteiger partial charge on any atom is -0.373 e. The lowest BCUT2D eigenvalue weighted by Crippen LogP contribution is -2.28. The normalized spacial score (nSPS) is 24.5. The van der Waals surface area contributed by atoms with E-state index in [4.69, 9.17) is 5.26 Å². The molecule has 0 saturated heterocycles. The third kappa shape index (κ3) is 1.17. The van der Waals surface area contributed by atoms with Crippen molar-refractivity contribution < 1.29 is 0 Å². The first-order chi connectivity index (χ1) is 6.67. The summed E-state index contributed by atoms with van der Waals surface area (Å²) in [7, 11) is 2.08. The van der Waals surface area contributed by atoms with Crippen LogP contribution in [0.2, 0.25) is 0 Å². The summed E-state index contributed by atoms with van der Waals surface area (Å²) in [5, 5.41) is 8.84. The van der Waals surface area contributed by atoms with Gasteiger partial charge in [-0.15, -0.1) is 0 Å². The Bertz CT molecular complexity index is 392. The SMILES string of the molecule is CN1CC(C)(CC#N)c2ccccc21. The van der Waals surface area contributed by atoms with Gasteiger partial charge in [0.2, 0.25) is 0 Å². The molecule has 0 bridgehead atoms. The highest BCUT2D eigenvalue weighted by Gasteiger charge is 2.36. The second-order valence-electron chi connectivity index (χ2n) is 4.27. The number of hydrogen-bond donors (Lipinski definition) is 0. The molecular weight excluding hydrogens is 172 g/mol. The maximum absolute atomic E-state index is 8.84. The molecule has 1 atom stereocenters. The number of fused-ring (bicyclic) bond motifs is 1. The smallest absolute Gasteiger partial charge is 0.0631 e. The molecular formula is C12H14N2. The fourth-order valence-corrected chi connectivity index (χ4v) is 2.34. The topological polar surface area (TPSA) is 27.0 Å². The highest BCUT2D eigenvalue weighted by molar-refractivity contribution is 5.62. The fourth-order valence-electron chi connectivity index (χ4n) is 2.34. The van der Waals surface area contributed by atoms with Crippen LogP contribution < -0.4 is 4.90 Å². The van der Waals surface area contributed by atoms with E-state index in [2.05, 4.69) is 37.1 Å². The Morgan fingerprint density at radius 2 is 2.21 bits per heavy atom. The number of nitrogens with zero attached hydrogens (tertiary/aromatic N) is 2. The van der Waals surface area contributed by atoms with E-state index in [0.29, 0.717) is 6.42 Å². The Hall–Kier alpha value is -1.49. The predicted octanol–water partition coefficient (Wildman–Crippen LogP) is 2.31. The van der Waals surface area contributed by atoms with E-state index >= 15 is 0 Å². The molecule has 2 heteroatoms. The summed E-state index contributed by atoms with van der Waals surface area (Å²) < 4.78 is 0. The number of nitriles is 1. The Balaban J connectivity index is 2.49. The van der Waals surface area contributed by atoms with Crippen LogP contribution in [0, 0.1) is 11.3 Å². The molecule has 2 rings (SSSR count). The summed E-state index contributed by atoms with van der Waals surface area (Å²) in [6.07, 6.45) is 0.592. The number of para-hydroxylation sites is 1. The Morgan fingerprint density at radius 1 is 1.50 bits per heavy atom. The van der Waals surface area contributed by atoms with Gasteiger partial charge in [0, 0.05) is 31.1 Å². The molecule has 0 radical (unpaired) electrons. The van der Waals surface area contributed by atoms with Gasteiger partial charge in [-0.1, -0.05) is 25.1 Å². The molecule has 1 aliphatic heterocycles. The summed E-state index contributed by atoms with van der Waals surface area (Å²) in [6, 6.07) is 10.6. The zero-order chi connectivity index (χ0) is 10.2. The van der Waals surface area contributed by atoms with Crippen molar-refractivity contribution in [1.82, 2.24) is 0 Å². The van der Waals surface area contributed by atoms with Gasteiger partial charge >= 0.3 is 0 Å². The summed E-state index contributed by atoms with van der Waals surface area (Å²) in [5.41, 5.74) is 2.59. The number of rotatable bonds is 1. The van der Waals surface area contributed by atoms with Crippen LogP contribution in [-0.4, -0.2) is 13.6 Å². The molecule has 0 aliphatic carbocycles. The molecule has 0 N–H and O–H groups in total. The van der Waals surface area contributed by atoms with Crippen molar-refractivity contribution in [2.45, 2.75) is 18.8 Å². The first-order valence-electron chi connectivity index (χ1n) is 4.85. The minimum absolute atomic E-state index is 0.0140. The maximum atomic E-state index is 8.84. The maximum Gasteiger partial charge on any atom is 0.0631 e. The molecule has 0 aromatic heterocycles. The van der Waals surface area contributed by atoms with Crippen molar-refractivity contribution >= 4 is 5.69 Å². The molecule has 0 saturated carbocycles. The van der Waals surface area contributed by atoms with Crippen molar-refractivity contribution in [2.24, 2.45) is 0 Å². The van der Waals surface area contributed by atoms with E-state index in [1.807, 2.05) is 12.1 Å². The largest absolute Gasteiger partial charge is 0.373 e. The summed E-state index contributed by atoms with van der Waals surface area (Å²) in [4.78, 5) is 2.23. The van der Waals surface area contributed by atoms with Crippen LogP contribution >= 0.6 is 0 Å². The monoisotopic (exact) mass is 186 g/mol. The van der Waals surface area contributed by atoms with Crippen LogP contribution in [0.4, 0.5) is 5.69 Å². The van der Waals surface area contributed by atoms with E-state index in [-0.39, 0.29) is 5.41 Å². The molecule has 1 unspecified atom stereocenters. The predicted molar refractivity (Wildman–Crippen MR) is 57.3 cm³/mol. The van der Waals surface area contributed by atoms with Gasteiger partial charge in [-0.25, -0.2) is 0 Å². The Morgan fingerprint density at radius 3 is 2.93 bits per heavy atom. The van der Waals surface area contributed by atoms with Crippen LogP contribution in [0.5, 0.6) is 0 Å². The molecule has 0 spiro atoms. The lowest BCUT2D eigenvalue weighted by molar-refractivity contribution is 0.518. The zero-order valence-electron chi connectivity index (χ0n) is 8.62. The van der Waals surface area contributed by atoms with E-state index in [0.717, 1.165) is 6.54 Å². The second-order valence-corrected chi connectivity index (χ2v) is 4.27. The van der Waals surface area contributed by atoms with Crippen molar-refractivity contribution in [3.8, 4) is 6.07 Å². The van der Waals surface area contributed by atoms with Crippen LogP contribution in [0.25, 0.3) is 0 Å². The van der Waals surface area contributed by atoms with E-state index in [9.17, 15) is 0 Å². The summed E-state index contributed by atoms with van der Waals surface area (Å²) >= 11 is 0. The fraction of sp³-hybridized carbons (Fsp3) is 0.417. The molecule has 14 heavy (non-hydrogen) atoms. The highest BCUT2D eigenvalue weighted by atomic mass is 15.1. The van der Waals surface area contributed by atoms with Gasteiger partial charge in [0.05, 0.1) is 6.07 Å². The average molecular weight is 186 g/mol. The van der Waals surface area contributed by atoms with Gasteiger partial charge in [-0.3, -0.25) is 0 Å². The van der Waals surface area contributed by atoms with Crippen LogP contribution in [0.3, 0.4) is 0 Å².